The molecule has 116 valence electrons. The molecule has 0 aliphatic heterocycles. The van der Waals surface area contributed by atoms with Crippen LogP contribution in [0.1, 0.15) is 52.9 Å². The van der Waals surface area contributed by atoms with Gasteiger partial charge in [-0.2, -0.15) is 0 Å². The van der Waals surface area contributed by atoms with Crippen molar-refractivity contribution >= 4 is 11.9 Å². The van der Waals surface area contributed by atoms with Crippen molar-refractivity contribution in [3.05, 3.63) is 0 Å². The van der Waals surface area contributed by atoms with Crippen LogP contribution in [0.25, 0.3) is 0 Å². The van der Waals surface area contributed by atoms with E-state index >= 15 is 0 Å². The number of ether oxygens (including phenoxy) is 1. The summed E-state index contributed by atoms with van der Waals surface area (Å²) in [6, 6.07) is 0. The third-order valence-electron chi connectivity index (χ3n) is 4.29. The predicted molar refractivity (Wildman–Crippen MR) is 79.2 cm³/mol. The van der Waals surface area contributed by atoms with Gasteiger partial charge in [-0.3, -0.25) is 9.59 Å². The molecule has 4 nitrogen and oxygen atoms in total. The third-order valence-corrected chi connectivity index (χ3v) is 4.29. The summed E-state index contributed by atoms with van der Waals surface area (Å²) in [5.41, 5.74) is 0. The van der Waals surface area contributed by atoms with Crippen molar-refractivity contribution in [1.29, 1.82) is 0 Å². The van der Waals surface area contributed by atoms with Crippen molar-refractivity contribution in [3.63, 3.8) is 0 Å². The average Bonchev–Trinajstić information content (AvgIpc) is 2.35. The molecule has 20 heavy (non-hydrogen) atoms. The van der Waals surface area contributed by atoms with Crippen LogP contribution >= 0.6 is 0 Å². The second kappa shape index (κ2) is 7.65. The first-order chi connectivity index (χ1) is 9.31. The number of carbonyl (C=O) groups is 2. The lowest BCUT2D eigenvalue weighted by Gasteiger charge is -2.36. The van der Waals surface area contributed by atoms with Gasteiger partial charge in [-0.1, -0.05) is 27.2 Å². The smallest absolute Gasteiger partial charge is 0.306 e. The zero-order chi connectivity index (χ0) is 15.3. The Morgan fingerprint density at radius 1 is 1.20 bits per heavy atom. The Balaban J connectivity index is 2.47. The lowest BCUT2D eigenvalue weighted by Crippen LogP contribution is -2.36. The predicted octanol–water partition coefficient (Wildman–Crippen LogP) is 2.86. The van der Waals surface area contributed by atoms with E-state index in [1.54, 1.807) is 14.1 Å². The number of carbonyl (C=O) groups excluding carboxylic acids is 2. The lowest BCUT2D eigenvalue weighted by molar-refractivity contribution is -0.157. The monoisotopic (exact) mass is 283 g/mol. The summed E-state index contributed by atoms with van der Waals surface area (Å²) in [6.45, 7) is 6.60. The minimum Gasteiger partial charge on any atom is -0.462 e. The summed E-state index contributed by atoms with van der Waals surface area (Å²) in [6.07, 6.45) is 3.76. The van der Waals surface area contributed by atoms with Crippen LogP contribution in [0.5, 0.6) is 0 Å². The van der Waals surface area contributed by atoms with Gasteiger partial charge in [0.25, 0.3) is 0 Å². The fourth-order valence-electron chi connectivity index (χ4n) is 2.91. The Hall–Kier alpha value is -1.06. The highest BCUT2D eigenvalue weighted by atomic mass is 16.5. The van der Waals surface area contributed by atoms with E-state index in [1.807, 2.05) is 0 Å². The second-order valence-corrected chi connectivity index (χ2v) is 6.64. The maximum absolute atomic E-state index is 11.9. The molecule has 0 saturated heterocycles. The van der Waals surface area contributed by atoms with Crippen LogP contribution in [0.2, 0.25) is 0 Å². The number of hydrogen-bond donors (Lipinski definition) is 0. The number of rotatable bonds is 5. The van der Waals surface area contributed by atoms with E-state index in [1.165, 1.54) is 11.3 Å². The molecule has 1 amide bonds. The molecule has 0 radical (unpaired) electrons. The van der Waals surface area contributed by atoms with Gasteiger partial charge in [0.05, 0.1) is 6.42 Å². The molecular weight excluding hydrogens is 254 g/mol. The largest absolute Gasteiger partial charge is 0.462 e. The van der Waals surface area contributed by atoms with E-state index in [0.29, 0.717) is 17.8 Å². The van der Waals surface area contributed by atoms with E-state index in [-0.39, 0.29) is 30.8 Å². The number of esters is 1. The van der Waals surface area contributed by atoms with E-state index in [0.717, 1.165) is 12.8 Å². The molecule has 0 spiro atoms. The van der Waals surface area contributed by atoms with Gasteiger partial charge in [-0.05, 0) is 30.6 Å². The normalized spacial score (nSPS) is 26.4. The second-order valence-electron chi connectivity index (χ2n) is 6.64. The van der Waals surface area contributed by atoms with Crippen LogP contribution < -0.4 is 0 Å². The van der Waals surface area contributed by atoms with Crippen LogP contribution in [0.4, 0.5) is 0 Å². The van der Waals surface area contributed by atoms with Gasteiger partial charge in [0.15, 0.2) is 0 Å². The van der Waals surface area contributed by atoms with Crippen LogP contribution in [-0.4, -0.2) is 37.0 Å². The summed E-state index contributed by atoms with van der Waals surface area (Å²) >= 11 is 0. The standard InChI is InChI=1S/C16H29NO3/c1-11(2)13-7-6-12(3)10-14(13)20-16(19)9-8-15(18)17(4)5/h11-14H,6-10H2,1-5H3. The van der Waals surface area contributed by atoms with Crippen molar-refractivity contribution in [1.82, 2.24) is 4.90 Å². The lowest BCUT2D eigenvalue weighted by atomic mass is 9.75. The number of hydrogen-bond acceptors (Lipinski definition) is 3. The molecule has 1 fully saturated rings. The van der Waals surface area contributed by atoms with Gasteiger partial charge in [0, 0.05) is 20.5 Å². The Bertz CT molecular complexity index is 339. The Morgan fingerprint density at radius 3 is 2.40 bits per heavy atom. The average molecular weight is 283 g/mol. The maximum Gasteiger partial charge on any atom is 0.306 e. The first kappa shape index (κ1) is 17.0. The third kappa shape index (κ3) is 5.14. The van der Waals surface area contributed by atoms with E-state index < -0.39 is 0 Å². The first-order valence-corrected chi connectivity index (χ1v) is 7.70. The Kier molecular flexibility index (Phi) is 6.50. The molecule has 0 N–H and O–H groups in total. The zero-order valence-corrected chi connectivity index (χ0v) is 13.5. The van der Waals surface area contributed by atoms with Gasteiger partial charge in [0.2, 0.25) is 5.91 Å². The summed E-state index contributed by atoms with van der Waals surface area (Å²) in [4.78, 5) is 24.9. The first-order valence-electron chi connectivity index (χ1n) is 7.70. The van der Waals surface area contributed by atoms with Gasteiger partial charge >= 0.3 is 5.97 Å². The molecule has 1 aliphatic carbocycles. The molecular formula is C16H29NO3. The van der Waals surface area contributed by atoms with E-state index in [4.69, 9.17) is 4.74 Å². The van der Waals surface area contributed by atoms with Crippen molar-refractivity contribution in [2.45, 2.75) is 59.0 Å². The van der Waals surface area contributed by atoms with Crippen molar-refractivity contribution < 1.29 is 14.3 Å². The zero-order valence-electron chi connectivity index (χ0n) is 13.5. The molecule has 0 aromatic rings. The Morgan fingerprint density at radius 2 is 1.85 bits per heavy atom. The highest BCUT2D eigenvalue weighted by molar-refractivity contribution is 5.81. The van der Waals surface area contributed by atoms with E-state index in [9.17, 15) is 9.59 Å². The minimum atomic E-state index is -0.232. The summed E-state index contributed by atoms with van der Waals surface area (Å²) in [5.74, 6) is 1.35. The van der Waals surface area contributed by atoms with Crippen molar-refractivity contribution in [2.24, 2.45) is 17.8 Å². The summed E-state index contributed by atoms with van der Waals surface area (Å²) in [5, 5.41) is 0. The maximum atomic E-state index is 11.9. The summed E-state index contributed by atoms with van der Waals surface area (Å²) in [7, 11) is 3.40. The highest BCUT2D eigenvalue weighted by Gasteiger charge is 2.33. The van der Waals surface area contributed by atoms with Crippen molar-refractivity contribution in [2.75, 3.05) is 14.1 Å². The van der Waals surface area contributed by atoms with Crippen molar-refractivity contribution in [3.8, 4) is 0 Å². The van der Waals surface area contributed by atoms with Crippen LogP contribution in [0, 0.1) is 17.8 Å². The minimum absolute atomic E-state index is 0.0284. The topological polar surface area (TPSA) is 46.6 Å². The molecule has 0 aromatic heterocycles. The number of amides is 1. The number of nitrogens with zero attached hydrogens (tertiary/aromatic N) is 1. The quantitative estimate of drug-likeness (QED) is 0.729. The molecule has 0 bridgehead atoms. The SMILES string of the molecule is CC1CCC(C(C)C)C(OC(=O)CCC(=O)N(C)C)C1. The van der Waals surface area contributed by atoms with Gasteiger partial charge in [-0.15, -0.1) is 0 Å². The Labute approximate surface area is 122 Å². The fourth-order valence-corrected chi connectivity index (χ4v) is 2.91. The molecule has 1 aliphatic rings. The molecule has 1 saturated carbocycles. The van der Waals surface area contributed by atoms with Crippen LogP contribution in [-0.2, 0) is 14.3 Å². The highest BCUT2D eigenvalue weighted by Crippen LogP contribution is 2.35. The van der Waals surface area contributed by atoms with Gasteiger partial charge in [-0.25, -0.2) is 0 Å². The molecule has 4 heteroatoms. The van der Waals surface area contributed by atoms with Crippen LogP contribution in [0.3, 0.4) is 0 Å². The molecule has 0 heterocycles. The molecule has 0 aromatic carbocycles. The molecule has 3 unspecified atom stereocenters. The van der Waals surface area contributed by atoms with Crippen LogP contribution in [0.15, 0.2) is 0 Å². The van der Waals surface area contributed by atoms with E-state index in [2.05, 4.69) is 20.8 Å². The summed E-state index contributed by atoms with van der Waals surface area (Å²) < 4.78 is 5.66. The molecule has 1 rings (SSSR count). The molecule has 3 atom stereocenters. The van der Waals surface area contributed by atoms with Gasteiger partial charge < -0.3 is 9.64 Å². The fraction of sp³-hybridized carbons (Fsp3) is 0.875. The van der Waals surface area contributed by atoms with Gasteiger partial charge in [0.1, 0.15) is 6.10 Å².